The van der Waals surface area contributed by atoms with Crippen LogP contribution in [0.5, 0.6) is 0 Å². The van der Waals surface area contributed by atoms with Crippen LogP contribution in [0, 0.1) is 0 Å². The van der Waals surface area contributed by atoms with Crippen LogP contribution in [-0.4, -0.2) is 23.8 Å². The van der Waals surface area contributed by atoms with Crippen molar-refractivity contribution in [1.82, 2.24) is 4.68 Å². The van der Waals surface area contributed by atoms with Gasteiger partial charge >= 0.3 is 0 Å². The number of anilines is 1. The molecule has 1 aliphatic rings. The van der Waals surface area contributed by atoms with Crippen molar-refractivity contribution < 1.29 is 0 Å². The van der Waals surface area contributed by atoms with Gasteiger partial charge in [0, 0.05) is 37.2 Å². The van der Waals surface area contributed by atoms with Gasteiger partial charge in [-0.3, -0.25) is 4.68 Å². The number of piperidine rings is 1. The molecule has 94 valence electrons. The van der Waals surface area contributed by atoms with Gasteiger partial charge in [-0.15, -0.1) is 0 Å². The van der Waals surface area contributed by atoms with Gasteiger partial charge in [-0.05, 0) is 37.1 Å². The van der Waals surface area contributed by atoms with Gasteiger partial charge in [-0.2, -0.15) is 0 Å². The summed E-state index contributed by atoms with van der Waals surface area (Å²) in [5.74, 6) is 0. The van der Waals surface area contributed by atoms with Crippen LogP contribution >= 0.6 is 0 Å². The predicted octanol–water partition coefficient (Wildman–Crippen LogP) is 2.70. The standard InChI is InChI=1S/C15H19N3/c1-2-6-15(7-3-1)17-12-8-14(9-13-17)16-18-10-4-5-11-18/h1-7,10-11,14,16H,8-9,12-13H2. The lowest BCUT2D eigenvalue weighted by atomic mass is 10.1. The van der Waals surface area contributed by atoms with Gasteiger partial charge in [0.1, 0.15) is 0 Å². The van der Waals surface area contributed by atoms with Crippen molar-refractivity contribution in [2.75, 3.05) is 23.4 Å². The molecule has 1 N–H and O–H groups in total. The van der Waals surface area contributed by atoms with Gasteiger partial charge in [0.15, 0.2) is 0 Å². The lowest BCUT2D eigenvalue weighted by molar-refractivity contribution is 0.494. The number of rotatable bonds is 3. The Labute approximate surface area is 108 Å². The molecule has 0 saturated carbocycles. The number of benzene rings is 1. The van der Waals surface area contributed by atoms with E-state index in [1.54, 1.807) is 0 Å². The largest absolute Gasteiger partial charge is 0.371 e. The Morgan fingerprint density at radius 2 is 1.56 bits per heavy atom. The van der Waals surface area contributed by atoms with Crippen molar-refractivity contribution in [3.8, 4) is 0 Å². The molecule has 2 aromatic rings. The van der Waals surface area contributed by atoms with Gasteiger partial charge in [-0.25, -0.2) is 0 Å². The highest BCUT2D eigenvalue weighted by molar-refractivity contribution is 5.46. The molecule has 1 saturated heterocycles. The molecule has 18 heavy (non-hydrogen) atoms. The van der Waals surface area contributed by atoms with E-state index in [2.05, 4.69) is 57.7 Å². The van der Waals surface area contributed by atoms with Crippen molar-refractivity contribution in [3.63, 3.8) is 0 Å². The first-order valence-electron chi connectivity index (χ1n) is 6.61. The number of hydrogen-bond donors (Lipinski definition) is 1. The lowest BCUT2D eigenvalue weighted by Crippen LogP contribution is -2.41. The Balaban J connectivity index is 1.55. The third kappa shape index (κ3) is 2.50. The van der Waals surface area contributed by atoms with Crippen LogP contribution in [0.4, 0.5) is 5.69 Å². The van der Waals surface area contributed by atoms with E-state index < -0.39 is 0 Å². The maximum atomic E-state index is 3.52. The molecule has 3 rings (SSSR count). The van der Waals surface area contributed by atoms with Crippen molar-refractivity contribution in [1.29, 1.82) is 0 Å². The highest BCUT2D eigenvalue weighted by Crippen LogP contribution is 2.19. The topological polar surface area (TPSA) is 20.2 Å². The van der Waals surface area contributed by atoms with Gasteiger partial charge in [0.2, 0.25) is 0 Å². The summed E-state index contributed by atoms with van der Waals surface area (Å²) >= 11 is 0. The summed E-state index contributed by atoms with van der Waals surface area (Å²) in [4.78, 5) is 2.47. The van der Waals surface area contributed by atoms with Crippen LogP contribution in [0.25, 0.3) is 0 Å². The Hall–Kier alpha value is -1.90. The summed E-state index contributed by atoms with van der Waals surface area (Å²) < 4.78 is 2.06. The molecule has 0 aliphatic carbocycles. The molecule has 1 aliphatic heterocycles. The first-order chi connectivity index (χ1) is 8.92. The fourth-order valence-corrected chi connectivity index (χ4v) is 2.54. The first-order valence-corrected chi connectivity index (χ1v) is 6.61. The van der Waals surface area contributed by atoms with E-state index in [1.165, 1.54) is 18.5 Å². The van der Waals surface area contributed by atoms with Crippen LogP contribution in [-0.2, 0) is 0 Å². The zero-order chi connectivity index (χ0) is 12.2. The normalized spacial score (nSPS) is 16.8. The van der Waals surface area contributed by atoms with Gasteiger partial charge in [0.05, 0.1) is 0 Å². The average molecular weight is 241 g/mol. The number of nitrogens with one attached hydrogen (secondary N) is 1. The van der Waals surface area contributed by atoms with E-state index in [9.17, 15) is 0 Å². The summed E-state index contributed by atoms with van der Waals surface area (Å²) in [7, 11) is 0. The second-order valence-electron chi connectivity index (χ2n) is 4.82. The highest BCUT2D eigenvalue weighted by Gasteiger charge is 2.18. The summed E-state index contributed by atoms with van der Waals surface area (Å²) in [5.41, 5.74) is 4.87. The quantitative estimate of drug-likeness (QED) is 0.891. The van der Waals surface area contributed by atoms with Crippen molar-refractivity contribution >= 4 is 5.69 Å². The third-order valence-corrected chi connectivity index (χ3v) is 3.55. The number of para-hydroxylation sites is 1. The second-order valence-corrected chi connectivity index (χ2v) is 4.82. The number of nitrogens with zero attached hydrogens (tertiary/aromatic N) is 2. The Kier molecular flexibility index (Phi) is 3.22. The predicted molar refractivity (Wildman–Crippen MR) is 75.5 cm³/mol. The van der Waals surface area contributed by atoms with Crippen LogP contribution in [0.2, 0.25) is 0 Å². The van der Waals surface area contributed by atoms with Crippen LogP contribution < -0.4 is 10.3 Å². The summed E-state index contributed by atoms with van der Waals surface area (Å²) in [6, 6.07) is 15.4. The Morgan fingerprint density at radius 1 is 0.889 bits per heavy atom. The minimum absolute atomic E-state index is 0.581. The maximum absolute atomic E-state index is 3.52. The second kappa shape index (κ2) is 5.17. The summed E-state index contributed by atoms with van der Waals surface area (Å²) in [6.07, 6.45) is 6.49. The van der Waals surface area contributed by atoms with Crippen LogP contribution in [0.15, 0.2) is 54.9 Å². The molecule has 1 fully saturated rings. The fraction of sp³-hybridized carbons (Fsp3) is 0.333. The molecular formula is C15H19N3. The molecular weight excluding hydrogens is 222 g/mol. The van der Waals surface area contributed by atoms with E-state index in [4.69, 9.17) is 0 Å². The van der Waals surface area contributed by atoms with Crippen LogP contribution in [0.1, 0.15) is 12.8 Å². The highest BCUT2D eigenvalue weighted by atomic mass is 15.4. The Morgan fingerprint density at radius 3 is 2.22 bits per heavy atom. The van der Waals surface area contributed by atoms with Crippen molar-refractivity contribution in [2.45, 2.75) is 18.9 Å². The molecule has 0 atom stereocenters. The minimum Gasteiger partial charge on any atom is -0.371 e. The Bertz CT molecular complexity index is 456. The van der Waals surface area contributed by atoms with E-state index in [1.807, 2.05) is 12.1 Å². The molecule has 0 spiro atoms. The number of hydrogen-bond acceptors (Lipinski definition) is 2. The summed E-state index contributed by atoms with van der Waals surface area (Å²) in [5, 5.41) is 0. The zero-order valence-electron chi connectivity index (χ0n) is 10.5. The molecule has 1 aromatic heterocycles. The minimum atomic E-state index is 0.581. The molecule has 1 aromatic carbocycles. The smallest absolute Gasteiger partial charge is 0.0457 e. The van der Waals surface area contributed by atoms with Crippen molar-refractivity contribution in [2.24, 2.45) is 0 Å². The monoisotopic (exact) mass is 241 g/mol. The van der Waals surface area contributed by atoms with E-state index in [0.717, 1.165) is 13.1 Å². The maximum Gasteiger partial charge on any atom is 0.0457 e. The lowest BCUT2D eigenvalue weighted by Gasteiger charge is -2.34. The van der Waals surface area contributed by atoms with E-state index in [0.29, 0.717) is 6.04 Å². The van der Waals surface area contributed by atoms with Gasteiger partial charge in [0.25, 0.3) is 0 Å². The SMILES string of the molecule is c1ccc(N2CCC(Nn3cccc3)CC2)cc1. The van der Waals surface area contributed by atoms with E-state index >= 15 is 0 Å². The molecule has 2 heterocycles. The fourth-order valence-electron chi connectivity index (χ4n) is 2.54. The molecule has 0 unspecified atom stereocenters. The average Bonchev–Trinajstić information content (AvgIpc) is 2.94. The molecule has 0 radical (unpaired) electrons. The molecule has 3 heteroatoms. The number of aromatic nitrogens is 1. The zero-order valence-corrected chi connectivity index (χ0v) is 10.5. The van der Waals surface area contributed by atoms with E-state index in [-0.39, 0.29) is 0 Å². The molecule has 0 amide bonds. The van der Waals surface area contributed by atoms with Gasteiger partial charge in [-0.1, -0.05) is 18.2 Å². The third-order valence-electron chi connectivity index (χ3n) is 3.55. The molecule has 0 bridgehead atoms. The summed E-state index contributed by atoms with van der Waals surface area (Å²) in [6.45, 7) is 2.26. The van der Waals surface area contributed by atoms with Gasteiger partial charge < -0.3 is 10.3 Å². The van der Waals surface area contributed by atoms with Crippen LogP contribution in [0.3, 0.4) is 0 Å². The first kappa shape index (κ1) is 11.2. The van der Waals surface area contributed by atoms with Crippen molar-refractivity contribution in [3.05, 3.63) is 54.9 Å². The molecule has 3 nitrogen and oxygen atoms in total.